The van der Waals surface area contributed by atoms with Crippen LogP contribution in [0.5, 0.6) is 0 Å². The first kappa shape index (κ1) is 14.5. The quantitative estimate of drug-likeness (QED) is 0.854. The minimum Gasteiger partial charge on any atom is -0.459 e. The summed E-state index contributed by atoms with van der Waals surface area (Å²) >= 11 is 0. The first-order valence-electron chi connectivity index (χ1n) is 7.69. The largest absolute Gasteiger partial charge is 0.459 e. The van der Waals surface area contributed by atoms with Crippen molar-refractivity contribution < 1.29 is 18.8 Å². The number of rotatable bonds is 1. The molecule has 1 aromatic carbocycles. The minimum atomic E-state index is -0.711. The van der Waals surface area contributed by atoms with Crippen LogP contribution in [0.3, 0.4) is 0 Å². The van der Waals surface area contributed by atoms with Gasteiger partial charge in [0, 0.05) is 13.1 Å². The van der Waals surface area contributed by atoms with E-state index in [1.165, 1.54) is 11.2 Å². The summed E-state index contributed by atoms with van der Waals surface area (Å²) in [5, 5.41) is 2.78. The molecule has 1 fully saturated rings. The second-order valence-corrected chi connectivity index (χ2v) is 5.78. The second-order valence-electron chi connectivity index (χ2n) is 5.78. The van der Waals surface area contributed by atoms with Gasteiger partial charge in [-0.15, -0.1) is 0 Å². The number of amides is 3. The fourth-order valence-electron chi connectivity index (χ4n) is 3.14. The van der Waals surface area contributed by atoms with E-state index < -0.39 is 6.04 Å². The van der Waals surface area contributed by atoms with Gasteiger partial charge in [-0.05, 0) is 24.3 Å². The molecule has 4 rings (SSSR count). The van der Waals surface area contributed by atoms with Crippen molar-refractivity contribution in [2.24, 2.45) is 0 Å². The zero-order chi connectivity index (χ0) is 16.7. The molecule has 7 nitrogen and oxygen atoms in total. The number of piperazine rings is 1. The zero-order valence-corrected chi connectivity index (χ0v) is 12.8. The summed E-state index contributed by atoms with van der Waals surface area (Å²) < 4.78 is 5.14. The van der Waals surface area contributed by atoms with Crippen molar-refractivity contribution in [1.82, 2.24) is 9.80 Å². The molecule has 1 unspecified atom stereocenters. The maximum atomic E-state index is 12.7. The van der Waals surface area contributed by atoms with Crippen LogP contribution in [0.4, 0.5) is 5.69 Å². The summed E-state index contributed by atoms with van der Waals surface area (Å²) in [6, 6.07) is 9.45. The van der Waals surface area contributed by atoms with E-state index in [0.717, 1.165) is 0 Å². The molecule has 0 saturated carbocycles. The Morgan fingerprint density at radius 1 is 1.12 bits per heavy atom. The molecule has 0 spiro atoms. The maximum absolute atomic E-state index is 12.7. The molecule has 24 heavy (non-hydrogen) atoms. The third-order valence-corrected chi connectivity index (χ3v) is 4.38. The van der Waals surface area contributed by atoms with Crippen molar-refractivity contribution in [3.05, 3.63) is 54.0 Å². The lowest BCUT2D eigenvalue weighted by Crippen LogP contribution is -2.59. The normalized spacial score (nSPS) is 20.1. The molecule has 3 amide bonds. The number of carbonyl (C=O) groups is 3. The molecule has 0 bridgehead atoms. The lowest BCUT2D eigenvalue weighted by atomic mass is 10.1. The van der Waals surface area contributed by atoms with E-state index in [-0.39, 0.29) is 30.0 Å². The Morgan fingerprint density at radius 3 is 2.75 bits per heavy atom. The summed E-state index contributed by atoms with van der Waals surface area (Å²) in [4.78, 5) is 40.8. The minimum absolute atomic E-state index is 0.144. The highest BCUT2D eigenvalue weighted by molar-refractivity contribution is 6.10. The van der Waals surface area contributed by atoms with Crippen LogP contribution in [0, 0.1) is 0 Å². The van der Waals surface area contributed by atoms with Crippen LogP contribution in [0.1, 0.15) is 20.9 Å². The number of furan rings is 1. The second kappa shape index (κ2) is 5.52. The SMILES string of the molecule is O=C1Nc2ccccc2C(=O)N2CCN(C(=O)c3ccco3)CC12. The standard InChI is InChI=1S/C17H15N3O4/c21-15-13-10-19(17(23)14-6-3-9-24-14)7-8-20(13)16(22)11-4-1-2-5-12(11)18-15/h1-6,9,13H,7-8,10H2,(H,18,21). The summed E-state index contributed by atoms with van der Waals surface area (Å²) in [7, 11) is 0. The molecule has 7 heteroatoms. The van der Waals surface area contributed by atoms with Crippen molar-refractivity contribution >= 4 is 23.4 Å². The Balaban J connectivity index is 1.62. The van der Waals surface area contributed by atoms with Crippen LogP contribution >= 0.6 is 0 Å². The number of carbonyl (C=O) groups excluding carboxylic acids is 3. The first-order valence-corrected chi connectivity index (χ1v) is 7.69. The van der Waals surface area contributed by atoms with E-state index >= 15 is 0 Å². The van der Waals surface area contributed by atoms with Crippen molar-refractivity contribution in [1.29, 1.82) is 0 Å². The predicted molar refractivity (Wildman–Crippen MR) is 84.5 cm³/mol. The van der Waals surface area contributed by atoms with Crippen LogP contribution in [0.15, 0.2) is 47.1 Å². The third kappa shape index (κ3) is 2.25. The van der Waals surface area contributed by atoms with E-state index in [4.69, 9.17) is 4.42 Å². The van der Waals surface area contributed by atoms with E-state index in [1.807, 2.05) is 0 Å². The van der Waals surface area contributed by atoms with Crippen molar-refractivity contribution in [2.75, 3.05) is 25.0 Å². The number of fused-ring (bicyclic) bond motifs is 2. The highest BCUT2D eigenvalue weighted by Gasteiger charge is 2.40. The number of anilines is 1. The van der Waals surface area contributed by atoms with Gasteiger partial charge in [0.2, 0.25) is 5.91 Å². The summed E-state index contributed by atoms with van der Waals surface area (Å²) in [5.41, 5.74) is 0.977. The van der Waals surface area contributed by atoms with Gasteiger partial charge in [0.15, 0.2) is 5.76 Å². The van der Waals surface area contributed by atoms with Crippen molar-refractivity contribution in [3.63, 3.8) is 0 Å². The van der Waals surface area contributed by atoms with Crippen LogP contribution in [0.2, 0.25) is 0 Å². The van der Waals surface area contributed by atoms with Gasteiger partial charge in [0.1, 0.15) is 6.04 Å². The first-order chi connectivity index (χ1) is 11.6. The number of hydrogen-bond donors (Lipinski definition) is 1. The van der Waals surface area contributed by atoms with E-state index in [0.29, 0.717) is 24.3 Å². The molecule has 1 aromatic heterocycles. The molecule has 122 valence electrons. The van der Waals surface area contributed by atoms with E-state index in [9.17, 15) is 14.4 Å². The smallest absolute Gasteiger partial charge is 0.289 e. The molecule has 0 radical (unpaired) electrons. The number of hydrogen-bond acceptors (Lipinski definition) is 4. The van der Waals surface area contributed by atoms with Crippen LogP contribution in [0.25, 0.3) is 0 Å². The Labute approximate surface area is 137 Å². The number of nitrogens with zero attached hydrogens (tertiary/aromatic N) is 2. The van der Waals surface area contributed by atoms with Gasteiger partial charge in [0.05, 0.1) is 24.1 Å². The van der Waals surface area contributed by atoms with Gasteiger partial charge in [-0.3, -0.25) is 14.4 Å². The lowest BCUT2D eigenvalue weighted by molar-refractivity contribution is -0.121. The Hall–Kier alpha value is -3.09. The van der Waals surface area contributed by atoms with Crippen LogP contribution < -0.4 is 5.32 Å². The van der Waals surface area contributed by atoms with Gasteiger partial charge < -0.3 is 19.5 Å². The highest BCUT2D eigenvalue weighted by atomic mass is 16.3. The average Bonchev–Trinajstić information content (AvgIpc) is 3.12. The van der Waals surface area contributed by atoms with Crippen LogP contribution in [-0.2, 0) is 4.79 Å². The summed E-state index contributed by atoms with van der Waals surface area (Å²) in [6.45, 7) is 0.806. The molecule has 2 aliphatic rings. The molecule has 1 saturated heterocycles. The summed E-state index contributed by atoms with van der Waals surface area (Å²) in [5.74, 6) is -0.530. The third-order valence-electron chi connectivity index (χ3n) is 4.38. The van der Waals surface area contributed by atoms with Gasteiger partial charge in [0.25, 0.3) is 11.8 Å². The van der Waals surface area contributed by atoms with Crippen molar-refractivity contribution in [2.45, 2.75) is 6.04 Å². The predicted octanol–water partition coefficient (Wildman–Crippen LogP) is 1.20. The molecular weight excluding hydrogens is 310 g/mol. The molecule has 1 N–H and O–H groups in total. The molecular formula is C17H15N3O4. The fraction of sp³-hybridized carbons (Fsp3) is 0.235. The fourth-order valence-corrected chi connectivity index (χ4v) is 3.14. The monoisotopic (exact) mass is 325 g/mol. The summed E-state index contributed by atoms with van der Waals surface area (Å²) in [6.07, 6.45) is 1.43. The Morgan fingerprint density at radius 2 is 1.96 bits per heavy atom. The highest BCUT2D eigenvalue weighted by Crippen LogP contribution is 2.25. The van der Waals surface area contributed by atoms with Gasteiger partial charge >= 0.3 is 0 Å². The topological polar surface area (TPSA) is 82.9 Å². The number of para-hydroxylation sites is 1. The van der Waals surface area contributed by atoms with Gasteiger partial charge in [-0.1, -0.05) is 12.1 Å². The Kier molecular flexibility index (Phi) is 3.34. The van der Waals surface area contributed by atoms with E-state index in [1.54, 1.807) is 41.3 Å². The molecule has 2 aliphatic heterocycles. The van der Waals surface area contributed by atoms with E-state index in [2.05, 4.69) is 5.32 Å². The number of benzene rings is 1. The van der Waals surface area contributed by atoms with Gasteiger partial charge in [-0.25, -0.2) is 0 Å². The molecule has 0 aliphatic carbocycles. The molecule has 3 heterocycles. The lowest BCUT2D eigenvalue weighted by Gasteiger charge is -2.38. The number of nitrogens with one attached hydrogen (secondary N) is 1. The Bertz CT molecular complexity index is 815. The zero-order valence-electron chi connectivity index (χ0n) is 12.8. The molecule has 2 aromatic rings. The maximum Gasteiger partial charge on any atom is 0.289 e. The molecule has 1 atom stereocenters. The van der Waals surface area contributed by atoms with Crippen LogP contribution in [-0.4, -0.2) is 53.2 Å². The van der Waals surface area contributed by atoms with Gasteiger partial charge in [-0.2, -0.15) is 0 Å². The average molecular weight is 325 g/mol. The van der Waals surface area contributed by atoms with Crippen molar-refractivity contribution in [3.8, 4) is 0 Å².